The average molecular weight is 620 g/mol. The Morgan fingerprint density at radius 3 is 2.50 bits per heavy atom. The number of alkyl halides is 2. The van der Waals surface area contributed by atoms with Crippen molar-refractivity contribution in [3.63, 3.8) is 0 Å². The molecule has 14 heteroatoms. The van der Waals surface area contributed by atoms with Crippen molar-refractivity contribution in [1.82, 2.24) is 29.7 Å². The van der Waals surface area contributed by atoms with Gasteiger partial charge in [-0.2, -0.15) is 18.9 Å². The normalized spacial score (nSPS) is 19.2. The van der Waals surface area contributed by atoms with Gasteiger partial charge < -0.3 is 14.8 Å². The fraction of sp³-hybridized carbons (Fsp3) is 0.300. The molecule has 2 fully saturated rings. The number of hydrogen-bond acceptors (Lipinski definition) is 10. The molecule has 0 saturated heterocycles. The summed E-state index contributed by atoms with van der Waals surface area (Å²) in [5.41, 5.74) is 3.65. The van der Waals surface area contributed by atoms with E-state index in [-0.39, 0.29) is 11.0 Å². The zero-order chi connectivity index (χ0) is 30.4. The number of benzene rings is 2. The Balaban J connectivity index is 1.20. The summed E-state index contributed by atoms with van der Waals surface area (Å²) in [7, 11) is -3.88. The van der Waals surface area contributed by atoms with Gasteiger partial charge in [-0.05, 0) is 79.1 Å². The van der Waals surface area contributed by atoms with Gasteiger partial charge in [-0.3, -0.25) is 0 Å². The molecule has 3 aromatic heterocycles. The smallest absolute Gasteiger partial charge is 0.387 e. The highest BCUT2D eigenvalue weighted by Crippen LogP contribution is 2.52. The Bertz CT molecular complexity index is 1930. The summed E-state index contributed by atoms with van der Waals surface area (Å²) < 4.78 is 63.1. The fourth-order valence-electron chi connectivity index (χ4n) is 5.66. The van der Waals surface area contributed by atoms with E-state index in [1.54, 1.807) is 23.1 Å². The van der Waals surface area contributed by atoms with Crippen LogP contribution in [0.2, 0.25) is 0 Å². The number of nitrogens with zero attached hydrogens (tertiary/aromatic N) is 6. The van der Waals surface area contributed by atoms with Crippen LogP contribution in [-0.2, 0) is 16.4 Å². The van der Waals surface area contributed by atoms with Gasteiger partial charge in [0.15, 0.2) is 15.4 Å². The van der Waals surface area contributed by atoms with Crippen molar-refractivity contribution in [3.05, 3.63) is 72.8 Å². The van der Waals surface area contributed by atoms with Crippen LogP contribution in [0.15, 0.2) is 72.1 Å². The lowest BCUT2D eigenvalue weighted by Crippen LogP contribution is -2.16. The van der Waals surface area contributed by atoms with Crippen LogP contribution < -0.4 is 14.8 Å². The summed E-state index contributed by atoms with van der Waals surface area (Å²) >= 11 is 0. The predicted molar refractivity (Wildman–Crippen MR) is 156 cm³/mol. The molecule has 226 valence electrons. The van der Waals surface area contributed by atoms with E-state index in [0.29, 0.717) is 52.5 Å². The monoisotopic (exact) mass is 619 g/mol. The van der Waals surface area contributed by atoms with Crippen LogP contribution in [0.25, 0.3) is 28.0 Å². The van der Waals surface area contributed by atoms with Crippen LogP contribution in [0.4, 0.5) is 14.7 Å². The van der Waals surface area contributed by atoms with E-state index in [1.807, 2.05) is 24.3 Å². The summed E-state index contributed by atoms with van der Waals surface area (Å²) in [6, 6.07) is 15.2. The Morgan fingerprint density at radius 2 is 1.80 bits per heavy atom. The summed E-state index contributed by atoms with van der Waals surface area (Å²) in [6.07, 6.45) is 7.22. The summed E-state index contributed by atoms with van der Waals surface area (Å²) in [5, 5.41) is 7.42. The van der Waals surface area contributed by atoms with Gasteiger partial charge in [0.25, 0.3) is 0 Å². The van der Waals surface area contributed by atoms with Gasteiger partial charge in [-0.15, -0.1) is 0 Å². The van der Waals surface area contributed by atoms with Crippen molar-refractivity contribution in [2.24, 2.45) is 11.8 Å². The van der Waals surface area contributed by atoms with Crippen molar-refractivity contribution in [1.29, 1.82) is 0 Å². The Labute approximate surface area is 251 Å². The summed E-state index contributed by atoms with van der Waals surface area (Å²) in [4.78, 5) is 17.7. The molecule has 0 unspecified atom stereocenters. The number of fused-ring (bicyclic) bond motifs is 2. The number of rotatable bonds is 10. The molecule has 44 heavy (non-hydrogen) atoms. The molecule has 11 nitrogen and oxygen atoms in total. The highest BCUT2D eigenvalue weighted by atomic mass is 32.2. The first-order valence-corrected chi connectivity index (χ1v) is 15.9. The van der Waals surface area contributed by atoms with Crippen LogP contribution in [0.5, 0.6) is 11.6 Å². The average Bonchev–Trinajstić information content (AvgIpc) is 3.34. The van der Waals surface area contributed by atoms with Gasteiger partial charge in [0.05, 0.1) is 16.9 Å². The highest BCUT2D eigenvalue weighted by Gasteiger charge is 2.47. The number of anilines is 1. The molecule has 2 aliphatic carbocycles. The van der Waals surface area contributed by atoms with E-state index in [2.05, 4.69) is 30.1 Å². The first kappa shape index (κ1) is 28.1. The molecule has 2 aliphatic rings. The minimum Gasteiger partial charge on any atom is -0.473 e. The number of hydrogen-bond donors (Lipinski definition) is 1. The van der Waals surface area contributed by atoms with E-state index < -0.39 is 22.2 Å². The maximum atomic E-state index is 12.9. The van der Waals surface area contributed by atoms with Crippen LogP contribution >= 0.6 is 0 Å². The number of ether oxygens (including phenoxy) is 2. The molecule has 3 heterocycles. The van der Waals surface area contributed by atoms with E-state index in [0.717, 1.165) is 30.3 Å². The van der Waals surface area contributed by atoms with E-state index in [1.165, 1.54) is 30.9 Å². The largest absolute Gasteiger partial charge is 0.473 e. The van der Waals surface area contributed by atoms with Gasteiger partial charge >= 0.3 is 6.61 Å². The van der Waals surface area contributed by atoms with Crippen molar-refractivity contribution in [2.45, 2.75) is 43.4 Å². The van der Waals surface area contributed by atoms with E-state index in [9.17, 15) is 17.2 Å². The summed E-state index contributed by atoms with van der Waals surface area (Å²) in [6.45, 7) is -2.70. The van der Waals surface area contributed by atoms with Gasteiger partial charge in [-0.1, -0.05) is 12.1 Å². The molecule has 0 spiro atoms. The van der Waals surface area contributed by atoms with Crippen molar-refractivity contribution in [2.75, 3.05) is 11.6 Å². The fourth-order valence-corrected chi connectivity index (χ4v) is 6.49. The minimum atomic E-state index is -3.88. The third kappa shape index (κ3) is 5.89. The maximum Gasteiger partial charge on any atom is 0.387 e. The van der Waals surface area contributed by atoms with E-state index >= 15 is 0 Å². The van der Waals surface area contributed by atoms with Gasteiger partial charge in [0.2, 0.25) is 11.8 Å². The zero-order valence-electron chi connectivity index (χ0n) is 23.5. The van der Waals surface area contributed by atoms with Gasteiger partial charge in [-0.25, -0.2) is 28.1 Å². The van der Waals surface area contributed by atoms with Gasteiger partial charge in [0.1, 0.15) is 29.4 Å². The first-order valence-electron chi connectivity index (χ1n) is 14.0. The lowest BCUT2D eigenvalue weighted by Gasteiger charge is -2.17. The van der Waals surface area contributed by atoms with Crippen molar-refractivity contribution in [3.8, 4) is 28.6 Å². The minimum absolute atomic E-state index is 0.0158. The Hall–Kier alpha value is -4.72. The molecule has 2 saturated carbocycles. The number of halogens is 2. The first-order chi connectivity index (χ1) is 21.2. The molecule has 0 amide bonds. The second kappa shape index (κ2) is 11.1. The standard InChI is InChI=1S/C30H27F2N7O4S/c1-44(40,41)26-13-18(4-9-25(26)43-29(31)32)23-7-8-24-27(36-23)28(42-22-11-19-10-20(19)12-22)38-30(37-24)34-14-17-2-5-21(6-3-17)39-16-33-15-35-39/h2-9,13,15-16,19-20,22,29H,10-12,14H2,1H3,(H,34,37,38)/t19-,20+,22-. The molecule has 7 rings (SSSR count). The zero-order valence-corrected chi connectivity index (χ0v) is 24.3. The molecule has 3 atom stereocenters. The molecule has 5 aromatic rings. The van der Waals surface area contributed by atoms with E-state index in [4.69, 9.17) is 9.72 Å². The quantitative estimate of drug-likeness (QED) is 0.226. The number of aromatic nitrogens is 6. The van der Waals surface area contributed by atoms with Crippen LogP contribution in [-0.4, -0.2) is 57.1 Å². The Kier molecular flexibility index (Phi) is 7.07. The molecule has 0 bridgehead atoms. The second-order valence-electron chi connectivity index (χ2n) is 11.1. The number of nitrogens with one attached hydrogen (secondary N) is 1. The third-order valence-electron chi connectivity index (χ3n) is 7.91. The predicted octanol–water partition coefficient (Wildman–Crippen LogP) is 5.07. The third-order valence-corrected chi connectivity index (χ3v) is 9.03. The van der Waals surface area contributed by atoms with Crippen LogP contribution in [0.1, 0.15) is 24.8 Å². The molecule has 0 radical (unpaired) electrons. The van der Waals surface area contributed by atoms with Crippen molar-refractivity contribution < 1.29 is 26.7 Å². The highest BCUT2D eigenvalue weighted by molar-refractivity contribution is 7.90. The SMILES string of the molecule is CS(=O)(=O)c1cc(-c2ccc3nc(NCc4ccc(-n5cncn5)cc4)nc(O[C@H]4C[C@@H]5C[C@@H]5C4)c3n2)ccc1OC(F)F. The Morgan fingerprint density at radius 1 is 1.00 bits per heavy atom. The van der Waals surface area contributed by atoms with Gasteiger partial charge in [0, 0.05) is 18.4 Å². The topological polar surface area (TPSA) is 134 Å². The van der Waals surface area contributed by atoms with Crippen LogP contribution in [0.3, 0.4) is 0 Å². The molecule has 1 N–H and O–H groups in total. The summed E-state index contributed by atoms with van der Waals surface area (Å²) in [5.74, 6) is 1.66. The number of sulfone groups is 1. The maximum absolute atomic E-state index is 12.9. The second-order valence-corrected chi connectivity index (χ2v) is 13.0. The van der Waals surface area contributed by atoms with Crippen molar-refractivity contribution >= 4 is 26.8 Å². The molecular formula is C30H27F2N7O4S. The lowest BCUT2D eigenvalue weighted by molar-refractivity contribution is -0.0517. The lowest BCUT2D eigenvalue weighted by atomic mass is 10.1. The molecular weight excluding hydrogens is 592 g/mol. The number of pyridine rings is 1. The molecule has 2 aromatic carbocycles. The van der Waals surface area contributed by atoms with Crippen LogP contribution in [0, 0.1) is 11.8 Å². The molecule has 0 aliphatic heterocycles.